The number of hydrogen-bond donors (Lipinski definition) is 1. The van der Waals surface area contributed by atoms with Gasteiger partial charge in [-0.25, -0.2) is 0 Å². The fourth-order valence-corrected chi connectivity index (χ4v) is 1.83. The summed E-state index contributed by atoms with van der Waals surface area (Å²) in [4.78, 5) is 11.5. The number of hydrogen-bond acceptors (Lipinski definition) is 5. The van der Waals surface area contributed by atoms with E-state index in [1.807, 2.05) is 25.1 Å². The molecule has 0 atom stereocenters. The molecule has 0 unspecified atom stereocenters. The molecule has 0 spiro atoms. The Morgan fingerprint density at radius 1 is 1.11 bits per heavy atom. The van der Waals surface area contributed by atoms with Gasteiger partial charge in [0.2, 0.25) is 16.5 Å². The second-order valence-electron chi connectivity index (χ2n) is 3.51. The highest BCUT2D eigenvalue weighted by molar-refractivity contribution is 6.31. The molecule has 2 aromatic rings. The first-order chi connectivity index (χ1) is 8.58. The van der Waals surface area contributed by atoms with Crippen molar-refractivity contribution in [3.8, 4) is 5.75 Å². The van der Waals surface area contributed by atoms with Crippen LogP contribution in [0.1, 0.15) is 5.56 Å². The minimum atomic E-state index is 0.0442. The number of aryl methyl sites for hydroxylation is 1. The third-order valence-corrected chi connectivity index (χ3v) is 2.57. The normalized spacial score (nSPS) is 10.2. The van der Waals surface area contributed by atoms with Crippen LogP contribution in [0.4, 0.5) is 11.6 Å². The van der Waals surface area contributed by atoms with E-state index in [1.54, 1.807) is 7.11 Å². The Hall–Kier alpha value is -1.59. The largest absolute Gasteiger partial charge is 0.496 e. The third kappa shape index (κ3) is 3.00. The Kier molecular flexibility index (Phi) is 3.84. The molecule has 0 amide bonds. The van der Waals surface area contributed by atoms with Crippen molar-refractivity contribution in [2.24, 2.45) is 0 Å². The van der Waals surface area contributed by atoms with Crippen LogP contribution in [0.2, 0.25) is 10.6 Å². The molecule has 7 heteroatoms. The molecule has 94 valence electrons. The van der Waals surface area contributed by atoms with Crippen LogP contribution in [0.25, 0.3) is 0 Å². The van der Waals surface area contributed by atoms with E-state index < -0.39 is 0 Å². The van der Waals surface area contributed by atoms with Gasteiger partial charge < -0.3 is 10.1 Å². The van der Waals surface area contributed by atoms with Crippen LogP contribution in [0.5, 0.6) is 5.75 Å². The number of anilines is 2. The molecule has 1 aromatic heterocycles. The fraction of sp³-hybridized carbons (Fsp3) is 0.182. The highest BCUT2D eigenvalue weighted by Crippen LogP contribution is 2.23. The van der Waals surface area contributed by atoms with Crippen molar-refractivity contribution in [1.82, 2.24) is 15.0 Å². The molecule has 0 aliphatic heterocycles. The lowest BCUT2D eigenvalue weighted by Gasteiger charge is -2.08. The van der Waals surface area contributed by atoms with Gasteiger partial charge in [0, 0.05) is 5.69 Å². The predicted octanol–water partition coefficient (Wildman–Crippen LogP) is 3.24. The summed E-state index contributed by atoms with van der Waals surface area (Å²) in [6.07, 6.45) is 0. The topological polar surface area (TPSA) is 59.9 Å². The molecule has 0 fully saturated rings. The minimum Gasteiger partial charge on any atom is -0.496 e. The van der Waals surface area contributed by atoms with Gasteiger partial charge in [0.05, 0.1) is 7.11 Å². The zero-order valence-electron chi connectivity index (χ0n) is 9.74. The molecule has 2 rings (SSSR count). The van der Waals surface area contributed by atoms with Crippen molar-refractivity contribution in [3.63, 3.8) is 0 Å². The summed E-state index contributed by atoms with van der Waals surface area (Å²) in [6, 6.07) is 5.60. The van der Waals surface area contributed by atoms with E-state index in [-0.39, 0.29) is 10.6 Å². The number of ether oxygens (including phenoxy) is 1. The van der Waals surface area contributed by atoms with Crippen molar-refractivity contribution in [2.45, 2.75) is 6.92 Å². The van der Waals surface area contributed by atoms with E-state index in [0.717, 1.165) is 17.0 Å². The molecule has 0 aliphatic rings. The van der Waals surface area contributed by atoms with E-state index >= 15 is 0 Å². The molecular weight excluding hydrogens is 275 g/mol. The number of aromatic nitrogens is 3. The summed E-state index contributed by atoms with van der Waals surface area (Å²) in [5.41, 5.74) is 1.81. The van der Waals surface area contributed by atoms with Crippen LogP contribution >= 0.6 is 23.2 Å². The molecule has 1 aromatic carbocycles. The van der Waals surface area contributed by atoms with Gasteiger partial charge in [-0.1, -0.05) is 0 Å². The first kappa shape index (κ1) is 12.9. The summed E-state index contributed by atoms with van der Waals surface area (Å²) in [6.45, 7) is 1.94. The number of methoxy groups -OCH3 is 1. The number of nitrogens with one attached hydrogen (secondary N) is 1. The van der Waals surface area contributed by atoms with Gasteiger partial charge in [-0.3, -0.25) is 0 Å². The van der Waals surface area contributed by atoms with Gasteiger partial charge >= 0.3 is 0 Å². The molecule has 1 N–H and O–H groups in total. The Bertz CT molecular complexity index is 557. The van der Waals surface area contributed by atoms with Gasteiger partial charge in [-0.05, 0) is 53.9 Å². The molecule has 0 bridgehead atoms. The Morgan fingerprint density at radius 2 is 1.78 bits per heavy atom. The SMILES string of the molecule is COc1ccc(Nc2nc(Cl)nc(Cl)n2)cc1C. The fourth-order valence-electron chi connectivity index (χ4n) is 1.47. The molecule has 0 radical (unpaired) electrons. The average Bonchev–Trinajstić information content (AvgIpc) is 2.27. The molecular formula is C11H10Cl2N4O. The first-order valence-corrected chi connectivity index (χ1v) is 5.83. The maximum Gasteiger partial charge on any atom is 0.232 e. The Labute approximate surface area is 114 Å². The van der Waals surface area contributed by atoms with Crippen LogP contribution in [0.15, 0.2) is 18.2 Å². The smallest absolute Gasteiger partial charge is 0.232 e. The average molecular weight is 285 g/mol. The quantitative estimate of drug-likeness (QED) is 0.938. The molecule has 1 heterocycles. The van der Waals surface area contributed by atoms with Gasteiger partial charge in [-0.2, -0.15) is 15.0 Å². The number of halogens is 2. The van der Waals surface area contributed by atoms with Crippen molar-refractivity contribution in [3.05, 3.63) is 34.3 Å². The lowest BCUT2D eigenvalue weighted by atomic mass is 10.2. The number of rotatable bonds is 3. The molecule has 0 aliphatic carbocycles. The highest BCUT2D eigenvalue weighted by Gasteiger charge is 2.05. The van der Waals surface area contributed by atoms with Crippen molar-refractivity contribution < 1.29 is 4.74 Å². The standard InChI is InChI=1S/C11H10Cl2N4O/c1-6-5-7(3-4-8(6)18-2)14-11-16-9(12)15-10(13)17-11/h3-5H,1-2H3,(H,14,15,16,17). The maximum atomic E-state index is 5.69. The van der Waals surface area contributed by atoms with Gasteiger partial charge in [0.15, 0.2) is 0 Å². The summed E-state index contributed by atoms with van der Waals surface area (Å²) in [5.74, 6) is 1.11. The minimum absolute atomic E-state index is 0.0442. The summed E-state index contributed by atoms with van der Waals surface area (Å²) in [7, 11) is 1.63. The molecule has 0 saturated carbocycles. The van der Waals surface area contributed by atoms with E-state index in [4.69, 9.17) is 27.9 Å². The third-order valence-electron chi connectivity index (χ3n) is 2.23. The van der Waals surface area contributed by atoms with Gasteiger partial charge in [0.1, 0.15) is 5.75 Å². The number of benzene rings is 1. The summed E-state index contributed by atoms with van der Waals surface area (Å²) in [5, 5.41) is 3.08. The monoisotopic (exact) mass is 284 g/mol. The van der Waals surface area contributed by atoms with E-state index in [0.29, 0.717) is 5.95 Å². The lowest BCUT2D eigenvalue weighted by molar-refractivity contribution is 0.412. The number of nitrogens with zero attached hydrogens (tertiary/aromatic N) is 3. The molecule has 0 saturated heterocycles. The van der Waals surface area contributed by atoms with Crippen molar-refractivity contribution in [2.75, 3.05) is 12.4 Å². The van der Waals surface area contributed by atoms with Crippen LogP contribution in [0, 0.1) is 6.92 Å². The van der Waals surface area contributed by atoms with Crippen LogP contribution in [-0.2, 0) is 0 Å². The van der Waals surface area contributed by atoms with Gasteiger partial charge in [-0.15, -0.1) is 0 Å². The van der Waals surface area contributed by atoms with Crippen molar-refractivity contribution in [1.29, 1.82) is 0 Å². The molecule has 18 heavy (non-hydrogen) atoms. The van der Waals surface area contributed by atoms with Crippen LogP contribution < -0.4 is 10.1 Å². The zero-order valence-corrected chi connectivity index (χ0v) is 11.2. The second-order valence-corrected chi connectivity index (χ2v) is 4.18. The highest BCUT2D eigenvalue weighted by atomic mass is 35.5. The van der Waals surface area contributed by atoms with E-state index in [2.05, 4.69) is 20.3 Å². The Balaban J connectivity index is 2.25. The van der Waals surface area contributed by atoms with Crippen molar-refractivity contribution >= 4 is 34.8 Å². The first-order valence-electron chi connectivity index (χ1n) is 5.07. The lowest BCUT2D eigenvalue weighted by Crippen LogP contribution is -2.00. The van der Waals surface area contributed by atoms with Crippen LogP contribution in [0.3, 0.4) is 0 Å². The van der Waals surface area contributed by atoms with E-state index in [9.17, 15) is 0 Å². The second kappa shape index (κ2) is 5.37. The summed E-state index contributed by atoms with van der Waals surface area (Å²) < 4.78 is 5.18. The summed E-state index contributed by atoms with van der Waals surface area (Å²) >= 11 is 11.4. The van der Waals surface area contributed by atoms with E-state index in [1.165, 1.54) is 0 Å². The Morgan fingerprint density at radius 3 is 2.33 bits per heavy atom. The van der Waals surface area contributed by atoms with Crippen LogP contribution in [-0.4, -0.2) is 22.1 Å². The predicted molar refractivity (Wildman–Crippen MR) is 70.9 cm³/mol. The molecule has 5 nitrogen and oxygen atoms in total. The maximum absolute atomic E-state index is 5.69. The zero-order chi connectivity index (χ0) is 13.1. The van der Waals surface area contributed by atoms with Gasteiger partial charge in [0.25, 0.3) is 0 Å².